The molecule has 0 amide bonds. The van der Waals surface area contributed by atoms with E-state index in [0.29, 0.717) is 10.8 Å². The lowest BCUT2D eigenvalue weighted by Gasteiger charge is -2.14. The standard InChI is InChI=1S/C14H14BrNS.C13H12BrNS/c1-16-7-10-6-14(10,8-16)13-4-9-2-3-11(15)5-12(9)17-13;14-10-2-1-8-3-12(16-11(8)4-10)13-5-9(13)6-15-7-13/h2-5,10H,6-8H2,1H3;1-4,9,15H,5-7H2. The number of benzene rings is 2. The fourth-order valence-corrected chi connectivity index (χ4v) is 10.1. The van der Waals surface area contributed by atoms with Gasteiger partial charge in [0, 0.05) is 58.6 Å². The molecule has 6 heteroatoms. The van der Waals surface area contributed by atoms with E-state index in [2.05, 4.69) is 97.7 Å². The topological polar surface area (TPSA) is 15.3 Å². The van der Waals surface area contributed by atoms with Crippen molar-refractivity contribution in [2.24, 2.45) is 11.8 Å². The Labute approximate surface area is 219 Å². The molecule has 2 aromatic heterocycles. The van der Waals surface area contributed by atoms with E-state index in [1.54, 1.807) is 9.75 Å². The molecule has 0 radical (unpaired) electrons. The summed E-state index contributed by atoms with van der Waals surface area (Å²) in [7, 11) is 2.25. The van der Waals surface area contributed by atoms with Gasteiger partial charge >= 0.3 is 0 Å². The van der Waals surface area contributed by atoms with Gasteiger partial charge in [-0.15, -0.1) is 22.7 Å². The van der Waals surface area contributed by atoms with Crippen LogP contribution in [0.3, 0.4) is 0 Å². The number of nitrogens with one attached hydrogen (secondary N) is 1. The number of fused-ring (bicyclic) bond motifs is 4. The van der Waals surface area contributed by atoms with Crippen molar-refractivity contribution in [2.75, 3.05) is 33.2 Å². The quantitative estimate of drug-likeness (QED) is 0.258. The average molecular weight is 602 g/mol. The van der Waals surface area contributed by atoms with Crippen LogP contribution in [0.25, 0.3) is 20.2 Å². The summed E-state index contributed by atoms with van der Waals surface area (Å²) in [4.78, 5) is 5.68. The Morgan fingerprint density at radius 3 is 1.97 bits per heavy atom. The number of hydrogen-bond donors (Lipinski definition) is 1. The van der Waals surface area contributed by atoms with Crippen LogP contribution in [0.4, 0.5) is 0 Å². The van der Waals surface area contributed by atoms with Gasteiger partial charge < -0.3 is 10.2 Å². The zero-order valence-corrected chi connectivity index (χ0v) is 23.3. The highest BCUT2D eigenvalue weighted by atomic mass is 79.9. The van der Waals surface area contributed by atoms with Gasteiger partial charge in [0.1, 0.15) is 0 Å². The van der Waals surface area contributed by atoms with Crippen molar-refractivity contribution in [3.63, 3.8) is 0 Å². The van der Waals surface area contributed by atoms with Gasteiger partial charge in [0.25, 0.3) is 0 Å². The molecule has 0 spiro atoms. The molecule has 2 saturated carbocycles. The Morgan fingerprint density at radius 2 is 1.45 bits per heavy atom. The van der Waals surface area contributed by atoms with Crippen LogP contribution in [0.2, 0.25) is 0 Å². The summed E-state index contributed by atoms with van der Waals surface area (Å²) in [5.74, 6) is 1.83. The lowest BCUT2D eigenvalue weighted by Crippen LogP contribution is -2.21. The summed E-state index contributed by atoms with van der Waals surface area (Å²) in [5.41, 5.74) is 1.03. The van der Waals surface area contributed by atoms with Crippen LogP contribution in [0.1, 0.15) is 22.6 Å². The Morgan fingerprint density at radius 1 is 0.848 bits per heavy atom. The molecular weight excluding hydrogens is 576 g/mol. The van der Waals surface area contributed by atoms with Gasteiger partial charge in [-0.1, -0.05) is 44.0 Å². The van der Waals surface area contributed by atoms with Crippen LogP contribution in [-0.2, 0) is 10.8 Å². The molecule has 4 fully saturated rings. The van der Waals surface area contributed by atoms with Crippen LogP contribution >= 0.6 is 54.5 Å². The second-order valence-corrected chi connectivity index (χ2v) is 14.5. The number of thiophene rings is 2. The molecular formula is C27H26Br2N2S2. The molecule has 4 aliphatic rings. The fourth-order valence-electron chi connectivity index (χ4n) is 6.34. The fraction of sp³-hybridized carbons (Fsp3) is 0.407. The zero-order valence-electron chi connectivity index (χ0n) is 18.5. The van der Waals surface area contributed by atoms with Crippen molar-refractivity contribution in [1.82, 2.24) is 10.2 Å². The summed E-state index contributed by atoms with van der Waals surface area (Å²) >= 11 is 11.1. The minimum atomic E-state index is 0.510. The first-order valence-corrected chi connectivity index (χ1v) is 15.0. The monoisotopic (exact) mass is 600 g/mol. The normalized spacial score (nSPS) is 32.0. The van der Waals surface area contributed by atoms with Crippen molar-refractivity contribution in [1.29, 1.82) is 0 Å². The van der Waals surface area contributed by atoms with Gasteiger partial charge in [0.05, 0.1) is 0 Å². The summed E-state index contributed by atoms with van der Waals surface area (Å²) in [6, 6.07) is 18.0. The van der Waals surface area contributed by atoms with Crippen LogP contribution in [-0.4, -0.2) is 38.1 Å². The lowest BCUT2D eigenvalue weighted by atomic mass is 10.0. The number of likely N-dealkylation sites (tertiary alicyclic amines) is 1. The first-order valence-electron chi connectivity index (χ1n) is 11.7. The van der Waals surface area contributed by atoms with Crippen LogP contribution in [0, 0.1) is 11.8 Å². The minimum Gasteiger partial charge on any atom is -0.315 e. The number of hydrogen-bond acceptors (Lipinski definition) is 4. The SMILES string of the molecule is Brc1ccc2cc(C34CNCC3C4)sc2c1.CN1CC2CC2(c2cc3ccc(Br)cc3s2)C1. The van der Waals surface area contributed by atoms with E-state index >= 15 is 0 Å². The smallest absolute Gasteiger partial charge is 0.0357 e. The third-order valence-electron chi connectivity index (χ3n) is 8.32. The van der Waals surface area contributed by atoms with Crippen molar-refractivity contribution in [3.05, 3.63) is 67.2 Å². The van der Waals surface area contributed by atoms with E-state index in [-0.39, 0.29) is 0 Å². The van der Waals surface area contributed by atoms with E-state index in [9.17, 15) is 0 Å². The third kappa shape index (κ3) is 3.51. The van der Waals surface area contributed by atoms with Crippen molar-refractivity contribution in [2.45, 2.75) is 23.7 Å². The minimum absolute atomic E-state index is 0.510. The Hall–Kier alpha value is -0.760. The van der Waals surface area contributed by atoms with Crippen LogP contribution in [0.15, 0.2) is 57.5 Å². The maximum absolute atomic E-state index is 3.56. The molecule has 2 aliphatic carbocycles. The number of piperidine rings is 2. The van der Waals surface area contributed by atoms with E-state index in [1.165, 1.54) is 68.1 Å². The molecule has 4 aromatic rings. The highest BCUT2D eigenvalue weighted by Gasteiger charge is 2.60. The Bertz CT molecular complexity index is 1390. The van der Waals surface area contributed by atoms with Crippen LogP contribution < -0.4 is 5.32 Å². The molecule has 8 rings (SSSR count). The molecule has 4 heterocycles. The molecule has 2 aliphatic heterocycles. The van der Waals surface area contributed by atoms with Gasteiger partial charge in [-0.3, -0.25) is 0 Å². The number of nitrogens with zero attached hydrogens (tertiary/aromatic N) is 1. The summed E-state index contributed by atoms with van der Waals surface area (Å²) in [6.45, 7) is 4.95. The zero-order chi connectivity index (χ0) is 22.4. The highest BCUT2D eigenvalue weighted by molar-refractivity contribution is 9.10. The first-order chi connectivity index (χ1) is 15.9. The highest BCUT2D eigenvalue weighted by Crippen LogP contribution is 2.61. The predicted octanol–water partition coefficient (Wildman–Crippen LogP) is 7.39. The van der Waals surface area contributed by atoms with Gasteiger partial charge in [0.15, 0.2) is 0 Å². The third-order valence-corrected chi connectivity index (χ3v) is 11.9. The molecule has 1 N–H and O–H groups in total. The molecule has 2 aromatic carbocycles. The number of likely N-dealkylation sites (N-methyl/N-ethyl adjacent to an activating group) is 1. The van der Waals surface area contributed by atoms with Crippen molar-refractivity contribution in [3.8, 4) is 0 Å². The van der Waals surface area contributed by atoms with E-state index in [4.69, 9.17) is 0 Å². The second-order valence-electron chi connectivity index (χ2n) is 10.5. The molecule has 33 heavy (non-hydrogen) atoms. The van der Waals surface area contributed by atoms with E-state index < -0.39 is 0 Å². The maximum atomic E-state index is 3.56. The van der Waals surface area contributed by atoms with Gasteiger partial charge in [-0.2, -0.15) is 0 Å². The molecule has 4 unspecified atom stereocenters. The molecule has 2 saturated heterocycles. The predicted molar refractivity (Wildman–Crippen MR) is 149 cm³/mol. The van der Waals surface area contributed by atoms with Gasteiger partial charge in [-0.25, -0.2) is 0 Å². The maximum Gasteiger partial charge on any atom is 0.0357 e. The largest absolute Gasteiger partial charge is 0.315 e. The number of halogens is 2. The molecule has 2 nitrogen and oxygen atoms in total. The Balaban J connectivity index is 0.000000115. The first kappa shape index (κ1) is 21.5. The van der Waals surface area contributed by atoms with Gasteiger partial charge in [0.2, 0.25) is 0 Å². The molecule has 0 bridgehead atoms. The summed E-state index contributed by atoms with van der Waals surface area (Å²) in [6.07, 6.45) is 2.80. The second kappa shape index (κ2) is 7.62. The molecule has 170 valence electrons. The average Bonchev–Trinajstić information content (AvgIpc) is 3.32. The lowest BCUT2D eigenvalue weighted by molar-refractivity contribution is 0.364. The summed E-state index contributed by atoms with van der Waals surface area (Å²) in [5, 5.41) is 6.32. The van der Waals surface area contributed by atoms with Crippen molar-refractivity contribution >= 4 is 74.7 Å². The number of rotatable bonds is 2. The Kier molecular flexibility index (Phi) is 4.97. The van der Waals surface area contributed by atoms with E-state index in [0.717, 1.165) is 11.8 Å². The van der Waals surface area contributed by atoms with Crippen LogP contribution in [0.5, 0.6) is 0 Å². The molecule has 4 atom stereocenters. The van der Waals surface area contributed by atoms with Crippen molar-refractivity contribution < 1.29 is 0 Å². The van der Waals surface area contributed by atoms with Gasteiger partial charge in [-0.05, 0) is 85.4 Å². The van der Waals surface area contributed by atoms with E-state index in [1.807, 2.05) is 22.7 Å². The summed E-state index contributed by atoms with van der Waals surface area (Å²) < 4.78 is 5.20.